The minimum Gasteiger partial charge on any atom is -0.467 e. The quantitative estimate of drug-likeness (QED) is 0.614. The summed E-state index contributed by atoms with van der Waals surface area (Å²) in [5, 5.41) is 10.1. The number of nitrogens with zero attached hydrogens (tertiary/aromatic N) is 1. The first-order valence-corrected chi connectivity index (χ1v) is 7.40. The number of halogens is 1. The summed E-state index contributed by atoms with van der Waals surface area (Å²) in [6.07, 6.45) is 0.408. The minimum absolute atomic E-state index is 0.0756. The summed E-state index contributed by atoms with van der Waals surface area (Å²) in [5.74, 6) is -0.702. The van der Waals surface area contributed by atoms with E-state index in [2.05, 4.69) is 27.3 Å². The maximum Gasteiger partial charge on any atom is 0.337 e. The lowest BCUT2D eigenvalue weighted by Crippen LogP contribution is -2.51. The molecule has 20 heavy (non-hydrogen) atoms. The molecule has 0 bridgehead atoms. The third-order valence-corrected chi connectivity index (χ3v) is 4.25. The van der Waals surface area contributed by atoms with Crippen LogP contribution in [0.4, 0.5) is 0 Å². The van der Waals surface area contributed by atoms with Crippen molar-refractivity contribution in [2.75, 3.05) is 20.2 Å². The van der Waals surface area contributed by atoms with Gasteiger partial charge in [0.25, 0.3) is 5.91 Å². The van der Waals surface area contributed by atoms with Crippen LogP contribution in [-0.2, 0) is 9.53 Å². The topological polar surface area (TPSA) is 66.8 Å². The van der Waals surface area contributed by atoms with Gasteiger partial charge in [-0.05, 0) is 46.9 Å². The molecule has 5 nitrogen and oxygen atoms in total. The van der Waals surface area contributed by atoms with E-state index in [9.17, 15) is 14.7 Å². The number of rotatable bonds is 2. The predicted octanol–water partition coefficient (Wildman–Crippen LogP) is 1.43. The highest BCUT2D eigenvalue weighted by Gasteiger charge is 2.41. The Morgan fingerprint density at radius 2 is 1.80 bits per heavy atom. The summed E-state index contributed by atoms with van der Waals surface area (Å²) in [7, 11) is 1.25. The molecule has 0 spiro atoms. The first-order valence-electron chi connectivity index (χ1n) is 6.32. The average molecular weight is 389 g/mol. The lowest BCUT2D eigenvalue weighted by molar-refractivity contribution is -0.166. The van der Waals surface area contributed by atoms with Gasteiger partial charge in [-0.2, -0.15) is 0 Å². The van der Waals surface area contributed by atoms with Crippen LogP contribution in [-0.4, -0.2) is 47.7 Å². The molecule has 0 saturated carbocycles. The molecule has 1 aliphatic heterocycles. The van der Waals surface area contributed by atoms with E-state index in [0.29, 0.717) is 18.7 Å². The van der Waals surface area contributed by atoms with Crippen molar-refractivity contribution in [2.24, 2.45) is 0 Å². The number of benzene rings is 1. The molecule has 108 valence electrons. The standard InChI is InChI=1S/C14H16INO4/c1-20-13(18)14(19)6-8-16(9-7-14)12(17)10-2-4-11(15)5-3-10/h2-5,19H,6-9H2,1H3. The molecule has 1 amide bonds. The fourth-order valence-electron chi connectivity index (χ4n) is 2.25. The monoisotopic (exact) mass is 389 g/mol. The summed E-state index contributed by atoms with van der Waals surface area (Å²) < 4.78 is 5.66. The van der Waals surface area contributed by atoms with E-state index in [-0.39, 0.29) is 18.7 Å². The number of methoxy groups -OCH3 is 1. The van der Waals surface area contributed by atoms with Gasteiger partial charge in [0.1, 0.15) is 0 Å². The van der Waals surface area contributed by atoms with Gasteiger partial charge in [-0.15, -0.1) is 0 Å². The van der Waals surface area contributed by atoms with Gasteiger partial charge in [0, 0.05) is 35.1 Å². The van der Waals surface area contributed by atoms with E-state index >= 15 is 0 Å². The second-order valence-corrected chi connectivity index (χ2v) is 6.07. The van der Waals surface area contributed by atoms with Crippen molar-refractivity contribution >= 4 is 34.5 Å². The number of esters is 1. The number of hydrogen-bond donors (Lipinski definition) is 1. The second kappa shape index (κ2) is 6.09. The molecule has 1 saturated heterocycles. The Balaban J connectivity index is 2.02. The number of ether oxygens (including phenoxy) is 1. The highest BCUT2D eigenvalue weighted by Crippen LogP contribution is 2.24. The van der Waals surface area contributed by atoms with Crippen LogP contribution >= 0.6 is 22.6 Å². The Hall–Kier alpha value is -1.15. The van der Waals surface area contributed by atoms with Gasteiger partial charge in [-0.25, -0.2) is 4.79 Å². The lowest BCUT2D eigenvalue weighted by atomic mass is 9.91. The molecule has 0 aliphatic carbocycles. The van der Waals surface area contributed by atoms with Gasteiger partial charge in [0.05, 0.1) is 7.11 Å². The van der Waals surface area contributed by atoms with E-state index in [4.69, 9.17) is 0 Å². The molecule has 0 unspecified atom stereocenters. The van der Waals surface area contributed by atoms with Gasteiger partial charge in [-0.1, -0.05) is 0 Å². The molecule has 1 aliphatic rings. The average Bonchev–Trinajstić information content (AvgIpc) is 2.47. The van der Waals surface area contributed by atoms with E-state index < -0.39 is 11.6 Å². The van der Waals surface area contributed by atoms with Crippen LogP contribution in [0.2, 0.25) is 0 Å². The summed E-state index contributed by atoms with van der Waals surface area (Å²) in [5.41, 5.74) is -0.841. The van der Waals surface area contributed by atoms with Crippen LogP contribution in [0.1, 0.15) is 23.2 Å². The van der Waals surface area contributed by atoms with E-state index in [1.165, 1.54) is 7.11 Å². The van der Waals surface area contributed by atoms with Crippen molar-refractivity contribution in [3.05, 3.63) is 33.4 Å². The third-order valence-electron chi connectivity index (χ3n) is 3.53. The SMILES string of the molecule is COC(=O)C1(O)CCN(C(=O)c2ccc(I)cc2)CC1. The minimum atomic E-state index is -1.46. The number of carbonyl (C=O) groups excluding carboxylic acids is 2. The van der Waals surface area contributed by atoms with Gasteiger partial charge in [-0.3, -0.25) is 4.79 Å². The summed E-state index contributed by atoms with van der Waals surface area (Å²) in [4.78, 5) is 25.4. The molecule has 6 heteroatoms. The first-order chi connectivity index (χ1) is 9.46. The number of amides is 1. The van der Waals surface area contributed by atoms with Gasteiger partial charge >= 0.3 is 5.97 Å². The van der Waals surface area contributed by atoms with Crippen molar-refractivity contribution in [1.82, 2.24) is 4.90 Å². The highest BCUT2D eigenvalue weighted by molar-refractivity contribution is 14.1. The molecule has 1 aromatic carbocycles. The molecule has 1 heterocycles. The molecule has 0 radical (unpaired) electrons. The molecule has 0 atom stereocenters. The zero-order valence-electron chi connectivity index (χ0n) is 11.1. The molecule has 1 fully saturated rings. The molecule has 2 rings (SSSR count). The number of piperidine rings is 1. The van der Waals surface area contributed by atoms with Crippen LogP contribution in [0.25, 0.3) is 0 Å². The molecule has 1 aromatic rings. The first kappa shape index (κ1) is 15.2. The van der Waals surface area contributed by atoms with Crippen molar-refractivity contribution < 1.29 is 19.4 Å². The third kappa shape index (κ3) is 3.12. The molecular weight excluding hydrogens is 373 g/mol. The molecular formula is C14H16INO4. The second-order valence-electron chi connectivity index (χ2n) is 4.82. The van der Waals surface area contributed by atoms with Crippen LogP contribution in [0, 0.1) is 3.57 Å². The van der Waals surface area contributed by atoms with E-state index in [1.807, 2.05) is 12.1 Å². The number of carbonyl (C=O) groups is 2. The smallest absolute Gasteiger partial charge is 0.337 e. The number of hydrogen-bond acceptors (Lipinski definition) is 4. The van der Waals surface area contributed by atoms with Crippen LogP contribution in [0.5, 0.6) is 0 Å². The summed E-state index contributed by atoms with van der Waals surface area (Å²) in [6.45, 7) is 0.687. The number of likely N-dealkylation sites (tertiary alicyclic amines) is 1. The largest absolute Gasteiger partial charge is 0.467 e. The molecule has 1 N–H and O–H groups in total. The maximum atomic E-state index is 12.3. The van der Waals surface area contributed by atoms with Crippen LogP contribution in [0.3, 0.4) is 0 Å². The zero-order valence-corrected chi connectivity index (χ0v) is 13.3. The fraction of sp³-hybridized carbons (Fsp3) is 0.429. The summed E-state index contributed by atoms with van der Waals surface area (Å²) in [6, 6.07) is 7.32. The van der Waals surface area contributed by atoms with Crippen LogP contribution < -0.4 is 0 Å². The van der Waals surface area contributed by atoms with Crippen molar-refractivity contribution in [3.63, 3.8) is 0 Å². The van der Waals surface area contributed by atoms with Gasteiger partial charge < -0.3 is 14.7 Å². The highest BCUT2D eigenvalue weighted by atomic mass is 127. The normalized spacial score (nSPS) is 17.6. The van der Waals surface area contributed by atoms with Gasteiger partial charge in [0.2, 0.25) is 0 Å². The molecule has 0 aromatic heterocycles. The van der Waals surface area contributed by atoms with E-state index in [1.54, 1.807) is 17.0 Å². The van der Waals surface area contributed by atoms with Crippen molar-refractivity contribution in [2.45, 2.75) is 18.4 Å². The Labute approximate surface area is 131 Å². The zero-order chi connectivity index (χ0) is 14.8. The lowest BCUT2D eigenvalue weighted by Gasteiger charge is -2.36. The van der Waals surface area contributed by atoms with Crippen molar-refractivity contribution in [3.8, 4) is 0 Å². The maximum absolute atomic E-state index is 12.3. The van der Waals surface area contributed by atoms with E-state index in [0.717, 1.165) is 3.57 Å². The Morgan fingerprint density at radius 1 is 1.25 bits per heavy atom. The van der Waals surface area contributed by atoms with Crippen LogP contribution in [0.15, 0.2) is 24.3 Å². The number of aliphatic hydroxyl groups is 1. The fourth-order valence-corrected chi connectivity index (χ4v) is 2.61. The predicted molar refractivity (Wildman–Crippen MR) is 81.3 cm³/mol. The Bertz CT molecular complexity index is 506. The Morgan fingerprint density at radius 3 is 2.30 bits per heavy atom. The van der Waals surface area contributed by atoms with Gasteiger partial charge in [0.15, 0.2) is 5.60 Å². The Kier molecular flexibility index (Phi) is 4.64. The summed E-state index contributed by atoms with van der Waals surface area (Å²) >= 11 is 2.18. The van der Waals surface area contributed by atoms with Crippen molar-refractivity contribution in [1.29, 1.82) is 0 Å².